The van der Waals surface area contributed by atoms with Crippen LogP contribution >= 0.6 is 15.9 Å². The van der Waals surface area contributed by atoms with Gasteiger partial charge in [-0.05, 0) is 312 Å². The Kier molecular flexibility index (Phi) is 24.1. The molecule has 9 nitrogen and oxygen atoms in total. The molecule has 0 amide bonds. The Bertz CT molecular complexity index is 5520. The molecule has 6 N–H and O–H groups in total. The minimum absolute atomic E-state index is 0.224. The summed E-state index contributed by atoms with van der Waals surface area (Å²) in [6.45, 7) is 8.91. The van der Waals surface area contributed by atoms with E-state index in [1.807, 2.05) is 18.2 Å². The van der Waals surface area contributed by atoms with Crippen LogP contribution in [0.4, 0.5) is 17.1 Å². The van der Waals surface area contributed by atoms with Crippen molar-refractivity contribution in [2.24, 2.45) is 60.3 Å². The predicted molar refractivity (Wildman–Crippen MR) is 525 cm³/mol. The van der Waals surface area contributed by atoms with E-state index in [2.05, 4.69) is 308 Å². The first kappa shape index (κ1) is 83.3. The number of para-hydroxylation sites is 3. The Morgan fingerprint density at radius 1 is 0.352 bits per heavy atom. The highest BCUT2D eigenvalue weighted by molar-refractivity contribution is 9.08. The van der Waals surface area contributed by atoms with Gasteiger partial charge in [0.25, 0.3) is 0 Å². The maximum Gasteiger partial charge on any atom is 0.0764 e. The van der Waals surface area contributed by atoms with Crippen LogP contribution in [0.1, 0.15) is 279 Å². The van der Waals surface area contributed by atoms with Crippen LogP contribution in [0, 0.1) is 53.3 Å². The van der Waals surface area contributed by atoms with Crippen LogP contribution in [0.5, 0.6) is 0 Å². The van der Waals surface area contributed by atoms with Crippen molar-refractivity contribution in [3.8, 4) is 0 Å². The summed E-state index contributed by atoms with van der Waals surface area (Å²) < 4.78 is 2.50. The fourth-order valence-corrected chi connectivity index (χ4v) is 29.4. The van der Waals surface area contributed by atoms with Gasteiger partial charge < -0.3 is 35.8 Å². The number of benzene rings is 9. The highest BCUT2D eigenvalue weighted by Gasteiger charge is 2.54. The highest BCUT2D eigenvalue weighted by Crippen LogP contribution is 2.60. The number of fused-ring (bicyclic) bond motifs is 9. The summed E-state index contributed by atoms with van der Waals surface area (Å²) >= 11 is 3.36. The minimum atomic E-state index is 0.224. The van der Waals surface area contributed by atoms with Crippen LogP contribution in [-0.2, 0) is 44.7 Å². The maximum absolute atomic E-state index is 4.14. The van der Waals surface area contributed by atoms with E-state index in [0.717, 1.165) is 90.9 Å². The number of nitrogens with zero attached hydrogens (tertiary/aromatic N) is 3. The number of hydrogen-bond donors (Lipinski definition) is 6. The summed E-state index contributed by atoms with van der Waals surface area (Å²) in [5, 5.41) is 21.6. The molecular weight excluding hydrogens is 1590 g/mol. The van der Waals surface area contributed by atoms with Gasteiger partial charge in [-0.1, -0.05) is 257 Å². The Hall–Kier alpha value is -8.64. The first-order valence-corrected chi connectivity index (χ1v) is 50.8. The predicted octanol–water partition coefficient (Wildman–Crippen LogP) is 28.4. The number of rotatable bonds is 23. The lowest BCUT2D eigenvalue weighted by Crippen LogP contribution is -2.54. The van der Waals surface area contributed by atoms with Gasteiger partial charge in [-0.15, -0.1) is 0 Å². The normalized spacial score (nSPS) is 29.9. The second-order valence-corrected chi connectivity index (χ2v) is 42.8. The molecule has 12 aromatic rings. The van der Waals surface area contributed by atoms with Crippen molar-refractivity contribution in [2.75, 3.05) is 16.0 Å². The number of aromatic amines is 2. The van der Waals surface area contributed by atoms with E-state index in [-0.39, 0.29) is 18.1 Å². The van der Waals surface area contributed by atoms with Crippen molar-refractivity contribution >= 4 is 65.7 Å². The average Bonchev–Trinajstić information content (AvgIpc) is 1.71. The first-order valence-electron chi connectivity index (χ1n) is 49.7. The van der Waals surface area contributed by atoms with Crippen molar-refractivity contribution in [2.45, 2.75) is 285 Å². The second-order valence-electron chi connectivity index (χ2n) is 42.3. The zero-order valence-electron chi connectivity index (χ0n) is 75.2. The number of aromatic nitrogens is 3. The van der Waals surface area contributed by atoms with Crippen molar-refractivity contribution in [1.29, 1.82) is 0 Å². The van der Waals surface area contributed by atoms with Crippen LogP contribution in [0.3, 0.4) is 0 Å². The Morgan fingerprint density at radius 3 is 1.13 bits per heavy atom. The molecule has 125 heavy (non-hydrogen) atoms. The zero-order valence-corrected chi connectivity index (χ0v) is 76.8. The summed E-state index contributed by atoms with van der Waals surface area (Å²) in [5.74, 6) is 8.69. The van der Waals surface area contributed by atoms with Crippen LogP contribution in [0.2, 0.25) is 0 Å². The van der Waals surface area contributed by atoms with Gasteiger partial charge in [0, 0.05) is 127 Å². The van der Waals surface area contributed by atoms with Crippen molar-refractivity contribution in [1.82, 2.24) is 29.7 Å². The van der Waals surface area contributed by atoms with Crippen molar-refractivity contribution in [3.05, 3.63) is 304 Å². The quantitative estimate of drug-likeness (QED) is 0.0358. The Morgan fingerprint density at radius 2 is 0.704 bits per heavy atom. The molecule has 10 heteroatoms. The Labute approximate surface area is 754 Å². The van der Waals surface area contributed by atoms with Gasteiger partial charge in [0.15, 0.2) is 0 Å². The molecule has 12 fully saturated rings. The molecule has 3 aliphatic heterocycles. The highest BCUT2D eigenvalue weighted by atomic mass is 79.9. The molecule has 0 radical (unpaired) electrons. The minimum Gasteiger partial charge on any atom is -0.380 e. The SMILES string of the molecule is BrCc1ccccc1.CCCC[C@H]1Cc2c([nH]c3ccccc23)[C@H](c2ccc(NC34CC5CC(CC(C5)C3)C4)cc2)N1.CCCC[C@H]1Cc2c([nH]c3ccccc23)[C@H](c2ccc(NC34CC5CC(CC(C5)C3)C4)cc2)N1Cc1ccccc1.CCCC[C@H]1Cc2c(n(C)c3ccccc23)[C@H](c2ccc(NC34CC5CC(CC(C5)C3)C4)cc2)N1Cc1ccccc1. The molecule has 12 bridgehead atoms. The summed E-state index contributed by atoms with van der Waals surface area (Å²) in [6.07, 6.45) is 40.6. The fraction of sp³-hybridized carbons (Fsp3) is 0.478. The van der Waals surface area contributed by atoms with E-state index >= 15 is 0 Å². The van der Waals surface area contributed by atoms with Crippen molar-refractivity contribution < 1.29 is 0 Å². The summed E-state index contributed by atoms with van der Waals surface area (Å²) in [6, 6.07) is 90.6. The van der Waals surface area contributed by atoms with Gasteiger partial charge in [0.1, 0.15) is 0 Å². The number of hydrogen-bond acceptors (Lipinski definition) is 6. The third-order valence-corrected chi connectivity index (χ3v) is 33.9. The molecular formula is C115H138BrN9. The largest absolute Gasteiger partial charge is 0.380 e. The topological polar surface area (TPSA) is 91.1 Å². The average molecular weight is 1730 g/mol. The molecule has 0 spiro atoms. The van der Waals surface area contributed by atoms with E-state index in [1.165, 1.54) is 285 Å². The van der Waals surface area contributed by atoms with Gasteiger partial charge in [-0.2, -0.15) is 0 Å². The molecule has 12 saturated carbocycles. The lowest BCUT2D eigenvalue weighted by atomic mass is 9.53. The first-order chi connectivity index (χ1) is 61.4. The fourth-order valence-electron chi connectivity index (χ4n) is 29.1. The smallest absolute Gasteiger partial charge is 0.0764 e. The number of unbranched alkanes of at least 4 members (excludes halogenated alkanes) is 3. The molecule has 6 heterocycles. The standard InChI is InChI=1S/C39H47N3.C38H45N3.C31H39N3.C7H7Br/c1-3-4-12-33-22-35-34-13-8-9-14-36(34)41(2)38(35)37(42(33)26-27-10-6-5-7-11-27)31-15-17-32(18-16-31)40-39-23-28-19-29(24-39)21-30(20-28)25-39;1-2-3-11-32-21-34-33-12-7-8-13-35(33)39-36(34)37(41(32)25-26-9-5-4-6-10-26)30-14-16-31(17-15-30)40-38-22-27-18-28(23-38)20-29(19-27)24-38;1-2-3-6-25-16-27-26-7-4-5-8-28(26)33-30(27)29(32-25)23-9-11-24(12-10-23)34-31-17-20-13-21(18-31)15-22(14-20)19-31;8-6-7-4-2-1-3-5-7/h5-11,13-18,28-30,33,37,40H,3-4,12,19-26H2,1-2H3;4-10,12-17,27-29,32,37,39-40H,2-3,11,18-25H2,1H3;4-5,7-12,20-22,25,29,32-34H,2-3,6,13-19H2,1H3;1-5H,6H2/t28?,29?,30?,33-,37-,39?;27?,28?,29?,32-,37-,38?;20?,21?,22?,25-,29-,31?;/m000./s1. The van der Waals surface area contributed by atoms with E-state index in [9.17, 15) is 0 Å². The van der Waals surface area contributed by atoms with Crippen molar-refractivity contribution in [3.63, 3.8) is 0 Å². The molecule has 27 rings (SSSR count). The molecule has 15 aliphatic rings. The zero-order chi connectivity index (χ0) is 84.2. The molecule has 9 aromatic carbocycles. The number of alkyl halides is 1. The van der Waals surface area contributed by atoms with Crippen LogP contribution in [-0.4, -0.2) is 59.1 Å². The van der Waals surface area contributed by atoms with E-state index in [4.69, 9.17) is 0 Å². The number of H-pyrrole nitrogens is 2. The second kappa shape index (κ2) is 36.1. The number of nitrogens with one attached hydrogen (secondary N) is 6. The molecule has 650 valence electrons. The maximum atomic E-state index is 4.14. The lowest BCUT2D eigenvalue weighted by molar-refractivity contribution is 0.0105. The van der Waals surface area contributed by atoms with E-state index in [1.54, 1.807) is 5.56 Å². The lowest BCUT2D eigenvalue weighted by Gasteiger charge is -2.57. The summed E-state index contributed by atoms with van der Waals surface area (Å²) in [5.41, 5.74) is 26.2. The van der Waals surface area contributed by atoms with E-state index < -0.39 is 0 Å². The molecule has 12 aliphatic carbocycles. The third kappa shape index (κ3) is 17.3. The molecule has 0 saturated heterocycles. The Balaban J connectivity index is 0.000000110. The van der Waals surface area contributed by atoms with Crippen LogP contribution in [0.15, 0.2) is 237 Å². The molecule has 6 atom stereocenters. The monoisotopic (exact) mass is 1720 g/mol. The summed E-state index contributed by atoms with van der Waals surface area (Å²) in [4.78, 5) is 13.3. The van der Waals surface area contributed by atoms with Gasteiger partial charge in [0.05, 0.1) is 18.1 Å². The van der Waals surface area contributed by atoms with E-state index in [0.29, 0.717) is 34.7 Å². The van der Waals surface area contributed by atoms with Gasteiger partial charge in [0.2, 0.25) is 0 Å². The molecule has 0 unspecified atom stereocenters. The third-order valence-electron chi connectivity index (χ3n) is 33.3. The van der Waals surface area contributed by atoms with Gasteiger partial charge in [-0.3, -0.25) is 9.80 Å². The van der Waals surface area contributed by atoms with Crippen LogP contribution in [0.25, 0.3) is 32.7 Å². The number of anilines is 3. The van der Waals surface area contributed by atoms with Gasteiger partial charge in [-0.25, -0.2) is 0 Å². The number of aryl methyl sites for hydroxylation is 1. The summed E-state index contributed by atoms with van der Waals surface area (Å²) in [7, 11) is 2.30. The molecule has 3 aromatic heterocycles. The van der Waals surface area contributed by atoms with Gasteiger partial charge >= 0.3 is 0 Å². The number of halogens is 1. The van der Waals surface area contributed by atoms with Crippen LogP contribution < -0.4 is 21.3 Å².